The molecule has 0 saturated carbocycles. The number of benzene rings is 1. The van der Waals surface area contributed by atoms with Gasteiger partial charge in [0.1, 0.15) is 11.2 Å². The molecule has 0 N–H and O–H groups in total. The van der Waals surface area contributed by atoms with Gasteiger partial charge in [-0.2, -0.15) is 4.90 Å². The first kappa shape index (κ1) is 15.4. The van der Waals surface area contributed by atoms with Gasteiger partial charge in [0, 0.05) is 5.56 Å². The monoisotopic (exact) mass is 291 g/mol. The van der Waals surface area contributed by atoms with Crippen LogP contribution in [-0.4, -0.2) is 23.4 Å². The first-order valence-corrected chi connectivity index (χ1v) is 6.88. The Morgan fingerprint density at radius 3 is 1.67 bits per heavy atom. The van der Waals surface area contributed by atoms with E-state index in [1.54, 1.807) is 47.6 Å². The molecule has 0 aromatic heterocycles. The molecule has 0 bridgehead atoms. The highest BCUT2D eigenvalue weighted by molar-refractivity contribution is 6.14. The van der Waals surface area contributed by atoms with Crippen LogP contribution in [0.5, 0.6) is 0 Å². The minimum absolute atomic E-state index is 0.508. The largest absolute Gasteiger partial charge is 0.443 e. The van der Waals surface area contributed by atoms with Crippen LogP contribution in [-0.2, 0) is 9.47 Å². The molecular formula is C16H21NO4. The molecule has 0 aromatic carbocycles. The van der Waals surface area contributed by atoms with Crippen molar-refractivity contribution in [3.63, 3.8) is 0 Å². The summed E-state index contributed by atoms with van der Waals surface area (Å²) < 4.78 is 10.6. The third kappa shape index (κ3) is 3.74. The molecular weight excluding hydrogens is 270 g/mol. The van der Waals surface area contributed by atoms with E-state index in [-0.39, 0.29) is 0 Å². The lowest BCUT2D eigenvalue weighted by atomic mass is 10.2. The molecule has 5 nitrogen and oxygen atoms in total. The average molecular weight is 291 g/mol. The molecule has 0 atom stereocenters. The highest BCUT2D eigenvalue weighted by Gasteiger charge is 2.36. The number of hydrogen-bond donors (Lipinski definition) is 0. The van der Waals surface area contributed by atoms with Gasteiger partial charge >= 0.3 is 12.2 Å². The summed E-state index contributed by atoms with van der Waals surface area (Å²) in [5.41, 5.74) is 1.04. The van der Waals surface area contributed by atoms with E-state index in [1.807, 2.05) is 12.1 Å². The van der Waals surface area contributed by atoms with Crippen LogP contribution < -0.4 is 4.90 Å². The Morgan fingerprint density at radius 1 is 0.905 bits per heavy atom. The number of carbonyl (C=O) groups is 2. The summed E-state index contributed by atoms with van der Waals surface area (Å²) in [6.45, 7) is 10.5. The third-order valence-electron chi connectivity index (χ3n) is 2.62. The molecule has 2 aliphatic rings. The van der Waals surface area contributed by atoms with Crippen molar-refractivity contribution in [2.45, 2.75) is 52.7 Å². The second-order valence-electron chi connectivity index (χ2n) is 7.03. The lowest BCUT2D eigenvalue weighted by molar-refractivity contribution is 0.0431. The van der Waals surface area contributed by atoms with E-state index in [0.29, 0.717) is 5.69 Å². The van der Waals surface area contributed by atoms with E-state index >= 15 is 0 Å². The van der Waals surface area contributed by atoms with Crippen LogP contribution in [0, 0.1) is 0 Å². The number of anilines is 1. The van der Waals surface area contributed by atoms with E-state index in [4.69, 9.17) is 9.47 Å². The molecule has 114 valence electrons. The first-order valence-electron chi connectivity index (χ1n) is 6.88. The minimum Gasteiger partial charge on any atom is -0.443 e. The van der Waals surface area contributed by atoms with Crippen molar-refractivity contribution in [2.75, 3.05) is 4.90 Å². The number of amides is 2. The molecule has 0 aliphatic heterocycles. The van der Waals surface area contributed by atoms with Crippen molar-refractivity contribution in [1.82, 2.24) is 0 Å². The fourth-order valence-corrected chi connectivity index (χ4v) is 1.82. The number of rotatable bonds is 1. The molecule has 0 saturated heterocycles. The van der Waals surface area contributed by atoms with Crippen molar-refractivity contribution < 1.29 is 19.1 Å². The number of hydrogen-bond acceptors (Lipinski definition) is 4. The van der Waals surface area contributed by atoms with E-state index in [1.165, 1.54) is 0 Å². The van der Waals surface area contributed by atoms with Crippen molar-refractivity contribution >= 4 is 17.9 Å². The Bertz CT molecular complexity index is 565. The molecule has 0 aromatic rings. The molecule has 21 heavy (non-hydrogen) atoms. The Hall–Kier alpha value is -2.04. The maximum Gasteiger partial charge on any atom is 0.424 e. The summed E-state index contributed by atoms with van der Waals surface area (Å²) in [5, 5.41) is 0. The van der Waals surface area contributed by atoms with Crippen molar-refractivity contribution in [1.29, 1.82) is 0 Å². The van der Waals surface area contributed by atoms with Gasteiger partial charge in [-0.3, -0.25) is 0 Å². The maximum atomic E-state index is 12.3. The predicted octanol–water partition coefficient (Wildman–Crippen LogP) is 4.34. The minimum atomic E-state index is -0.731. The normalized spacial score (nSPS) is 12.7. The molecule has 5 heteroatoms. The number of fused-ring (bicyclic) bond motifs is 1. The van der Waals surface area contributed by atoms with E-state index < -0.39 is 23.4 Å². The summed E-state index contributed by atoms with van der Waals surface area (Å²) in [6.07, 6.45) is -1.46. The predicted molar refractivity (Wildman–Crippen MR) is 80.4 cm³/mol. The van der Waals surface area contributed by atoms with Gasteiger partial charge in [0.25, 0.3) is 0 Å². The molecule has 0 heterocycles. The van der Waals surface area contributed by atoms with Gasteiger partial charge in [-0.25, -0.2) is 9.59 Å². The Morgan fingerprint density at radius 2 is 1.38 bits per heavy atom. The van der Waals surface area contributed by atoms with E-state index in [9.17, 15) is 9.59 Å². The SMILES string of the molecule is CC(C)(C)OC(=O)N(C(=O)OC(C)(C)C)c1ccc2cc1-2. The number of imide groups is 1. The Balaban J connectivity index is 2.25. The summed E-state index contributed by atoms with van der Waals surface area (Å²) in [7, 11) is 0. The topological polar surface area (TPSA) is 55.8 Å². The fourth-order valence-electron chi connectivity index (χ4n) is 1.82. The third-order valence-corrected chi connectivity index (χ3v) is 2.62. The number of carbonyl (C=O) groups excluding carboxylic acids is 2. The molecule has 2 aliphatic carbocycles. The summed E-state index contributed by atoms with van der Waals surface area (Å²) >= 11 is 0. The van der Waals surface area contributed by atoms with Crippen LogP contribution >= 0.6 is 0 Å². The molecule has 0 unspecified atom stereocenters. The van der Waals surface area contributed by atoms with Gasteiger partial charge in [-0.1, -0.05) is 6.07 Å². The zero-order chi connectivity index (χ0) is 16.0. The van der Waals surface area contributed by atoms with Gasteiger partial charge in [0.2, 0.25) is 0 Å². The Labute approximate surface area is 124 Å². The van der Waals surface area contributed by atoms with Crippen LogP contribution in [0.2, 0.25) is 0 Å². The quantitative estimate of drug-likeness (QED) is 0.784. The fraction of sp³-hybridized carbons (Fsp3) is 0.500. The molecule has 2 amide bonds. The van der Waals surface area contributed by atoms with Gasteiger partial charge in [-0.05, 0) is 59.2 Å². The molecule has 0 fully saturated rings. The summed E-state index contributed by atoms with van der Waals surface area (Å²) in [6, 6.07) is 5.47. The van der Waals surface area contributed by atoms with Gasteiger partial charge in [-0.15, -0.1) is 0 Å². The van der Waals surface area contributed by atoms with E-state index in [0.717, 1.165) is 16.0 Å². The van der Waals surface area contributed by atoms with Gasteiger partial charge < -0.3 is 9.47 Å². The van der Waals surface area contributed by atoms with Crippen molar-refractivity contribution in [3.05, 3.63) is 18.2 Å². The van der Waals surface area contributed by atoms with E-state index in [2.05, 4.69) is 0 Å². The number of ether oxygens (including phenoxy) is 2. The number of nitrogens with zero attached hydrogens (tertiary/aromatic N) is 1. The maximum absolute atomic E-state index is 12.3. The molecule has 0 radical (unpaired) electrons. The smallest absolute Gasteiger partial charge is 0.424 e. The highest BCUT2D eigenvalue weighted by Crippen LogP contribution is 2.44. The Kier molecular flexibility index (Phi) is 3.48. The van der Waals surface area contributed by atoms with Crippen molar-refractivity contribution in [2.24, 2.45) is 0 Å². The van der Waals surface area contributed by atoms with Crippen LogP contribution in [0.3, 0.4) is 0 Å². The zero-order valence-electron chi connectivity index (χ0n) is 13.3. The first-order chi connectivity index (χ1) is 9.48. The van der Waals surface area contributed by atoms with Crippen LogP contribution in [0.25, 0.3) is 11.1 Å². The molecule has 2 rings (SSSR count). The summed E-state index contributed by atoms with van der Waals surface area (Å²) in [5.74, 6) is 0. The zero-order valence-corrected chi connectivity index (χ0v) is 13.3. The highest BCUT2D eigenvalue weighted by atomic mass is 16.6. The van der Waals surface area contributed by atoms with Crippen molar-refractivity contribution in [3.8, 4) is 11.1 Å². The molecule has 0 spiro atoms. The van der Waals surface area contributed by atoms with Crippen LogP contribution in [0.15, 0.2) is 18.2 Å². The lowest BCUT2D eigenvalue weighted by Gasteiger charge is -2.28. The van der Waals surface area contributed by atoms with Gasteiger partial charge in [0.05, 0.1) is 5.69 Å². The second-order valence-corrected chi connectivity index (χ2v) is 7.03. The van der Waals surface area contributed by atoms with Crippen LogP contribution in [0.1, 0.15) is 41.5 Å². The average Bonchev–Trinajstić information content (AvgIpc) is 2.89. The van der Waals surface area contributed by atoms with Gasteiger partial charge in [0.15, 0.2) is 0 Å². The standard InChI is InChI=1S/C16H21NO4/c1-15(2,3)20-13(18)17(14(19)21-16(4,5)6)12-8-7-10-9-11(10)12/h7-9H,1-6H3. The lowest BCUT2D eigenvalue weighted by Crippen LogP contribution is -2.43. The summed E-state index contributed by atoms with van der Waals surface area (Å²) in [4.78, 5) is 25.7. The second kappa shape index (κ2) is 4.76. The van der Waals surface area contributed by atoms with Crippen LogP contribution in [0.4, 0.5) is 15.3 Å².